The maximum absolute atomic E-state index is 13.4. The smallest absolute Gasteiger partial charge is 0.245 e. The molecule has 0 amide bonds. The minimum Gasteiger partial charge on any atom is -0.356 e. The van der Waals surface area contributed by atoms with Gasteiger partial charge in [0.05, 0.1) is 5.52 Å². The average Bonchev–Trinajstić information content (AvgIpc) is 3.33. The molecule has 0 saturated carbocycles. The van der Waals surface area contributed by atoms with Crippen molar-refractivity contribution in [2.45, 2.75) is 24.7 Å². The third-order valence-corrected chi connectivity index (χ3v) is 7.95. The van der Waals surface area contributed by atoms with Gasteiger partial charge in [-0.2, -0.15) is 4.31 Å². The quantitative estimate of drug-likeness (QED) is 0.619. The average molecular weight is 439 g/mol. The molecule has 5 rings (SSSR count). The topological polar surface area (TPSA) is 82.5 Å². The lowest BCUT2D eigenvalue weighted by molar-refractivity contribution is 0.384. The molecule has 2 aliphatic heterocycles. The summed E-state index contributed by atoms with van der Waals surface area (Å²) in [6.07, 6.45) is 4.02. The first-order valence-corrected chi connectivity index (χ1v) is 12.2. The van der Waals surface area contributed by atoms with Crippen molar-refractivity contribution in [3.8, 4) is 0 Å². The molecular formula is C22H26N6O2S. The molecule has 9 heteroatoms. The third-order valence-electron chi connectivity index (χ3n) is 6.02. The number of nitrogens with zero attached hydrogens (tertiary/aromatic N) is 6. The number of hydrogen-bond donors (Lipinski definition) is 0. The van der Waals surface area contributed by atoms with Crippen molar-refractivity contribution >= 4 is 32.6 Å². The van der Waals surface area contributed by atoms with E-state index >= 15 is 0 Å². The van der Waals surface area contributed by atoms with E-state index in [1.54, 1.807) is 22.6 Å². The summed E-state index contributed by atoms with van der Waals surface area (Å²) >= 11 is 0. The molecule has 2 aromatic heterocycles. The minimum atomic E-state index is -3.62. The molecule has 0 spiro atoms. The number of fused-ring (bicyclic) bond motifs is 1. The van der Waals surface area contributed by atoms with Gasteiger partial charge in [-0.25, -0.2) is 18.4 Å². The maximum atomic E-state index is 13.4. The first kappa shape index (κ1) is 20.1. The van der Waals surface area contributed by atoms with Crippen LogP contribution in [0, 0.1) is 6.92 Å². The van der Waals surface area contributed by atoms with Gasteiger partial charge in [-0.15, -0.1) is 0 Å². The summed E-state index contributed by atoms with van der Waals surface area (Å²) in [5.41, 5.74) is 0.522. The normalized spacial score (nSPS) is 18.1. The van der Waals surface area contributed by atoms with Crippen LogP contribution in [0.15, 0.2) is 47.5 Å². The summed E-state index contributed by atoms with van der Waals surface area (Å²) in [7, 11) is -3.62. The minimum absolute atomic E-state index is 0.272. The molecule has 0 bridgehead atoms. The molecule has 2 fully saturated rings. The van der Waals surface area contributed by atoms with Crippen molar-refractivity contribution in [3.05, 3.63) is 48.4 Å². The van der Waals surface area contributed by atoms with Crippen LogP contribution >= 0.6 is 0 Å². The van der Waals surface area contributed by atoms with Gasteiger partial charge in [0, 0.05) is 56.9 Å². The fourth-order valence-electron chi connectivity index (χ4n) is 4.39. The van der Waals surface area contributed by atoms with E-state index in [9.17, 15) is 8.42 Å². The van der Waals surface area contributed by atoms with Crippen molar-refractivity contribution in [2.75, 3.05) is 49.1 Å². The van der Waals surface area contributed by atoms with Gasteiger partial charge in [0.25, 0.3) is 0 Å². The number of aryl methyl sites for hydroxylation is 1. The van der Waals surface area contributed by atoms with E-state index in [-0.39, 0.29) is 4.90 Å². The zero-order chi connectivity index (χ0) is 21.4. The lowest BCUT2D eigenvalue weighted by Gasteiger charge is -2.35. The molecule has 0 atom stereocenters. The Bertz CT molecular complexity index is 1200. The van der Waals surface area contributed by atoms with Crippen molar-refractivity contribution < 1.29 is 8.42 Å². The van der Waals surface area contributed by atoms with Crippen molar-refractivity contribution in [2.24, 2.45) is 0 Å². The lowest BCUT2D eigenvalue weighted by atomic mass is 10.2. The number of para-hydroxylation sites is 1. The molecular weight excluding hydrogens is 412 g/mol. The zero-order valence-electron chi connectivity index (χ0n) is 17.6. The van der Waals surface area contributed by atoms with Gasteiger partial charge in [-0.1, -0.05) is 18.2 Å². The number of rotatable bonds is 4. The number of piperazine rings is 1. The lowest BCUT2D eigenvalue weighted by Crippen LogP contribution is -2.49. The Hall–Kier alpha value is -2.78. The van der Waals surface area contributed by atoms with Crippen molar-refractivity contribution in [1.29, 1.82) is 0 Å². The SMILES string of the molecule is Cc1nc(N2CCCC2)cc(N2CCN(S(=O)(=O)c3cccc4cccnc34)CC2)n1. The second kappa shape index (κ2) is 8.05. The molecule has 8 nitrogen and oxygen atoms in total. The highest BCUT2D eigenvalue weighted by Gasteiger charge is 2.31. The molecule has 4 heterocycles. The Balaban J connectivity index is 1.36. The van der Waals surface area contributed by atoms with Gasteiger partial charge in [-0.3, -0.25) is 4.98 Å². The molecule has 1 aromatic carbocycles. The van der Waals surface area contributed by atoms with Crippen LogP contribution < -0.4 is 9.80 Å². The van der Waals surface area contributed by atoms with E-state index < -0.39 is 10.0 Å². The van der Waals surface area contributed by atoms with Crippen LogP contribution in [0.1, 0.15) is 18.7 Å². The van der Waals surface area contributed by atoms with Gasteiger partial charge in [0.1, 0.15) is 22.4 Å². The standard InChI is InChI=1S/C22H26N6O2S/c1-17-24-20(26-10-2-3-11-26)16-21(25-17)27-12-14-28(15-13-27)31(29,30)19-8-4-6-18-7-5-9-23-22(18)19/h4-9,16H,2-3,10-15H2,1H3. The second-order valence-corrected chi connectivity index (χ2v) is 9.95. The summed E-state index contributed by atoms with van der Waals surface area (Å²) in [6.45, 7) is 5.97. The summed E-state index contributed by atoms with van der Waals surface area (Å²) in [5, 5.41) is 0.827. The number of aromatic nitrogens is 3. The summed E-state index contributed by atoms with van der Waals surface area (Å²) in [5.74, 6) is 2.59. The van der Waals surface area contributed by atoms with Gasteiger partial charge in [0.2, 0.25) is 10.0 Å². The molecule has 0 unspecified atom stereocenters. The molecule has 3 aromatic rings. The van der Waals surface area contributed by atoms with E-state index in [0.29, 0.717) is 31.7 Å². The van der Waals surface area contributed by atoms with E-state index in [2.05, 4.69) is 24.8 Å². The number of sulfonamides is 1. The summed E-state index contributed by atoms with van der Waals surface area (Å²) in [6, 6.07) is 11.0. The predicted octanol–water partition coefficient (Wildman–Crippen LogP) is 2.44. The number of pyridine rings is 1. The Kier molecular flexibility index (Phi) is 5.23. The molecule has 31 heavy (non-hydrogen) atoms. The van der Waals surface area contributed by atoms with Crippen LogP contribution in [0.25, 0.3) is 10.9 Å². The van der Waals surface area contributed by atoms with Crippen LogP contribution in [0.3, 0.4) is 0 Å². The van der Waals surface area contributed by atoms with E-state index in [0.717, 1.165) is 35.9 Å². The Morgan fingerprint density at radius 3 is 2.19 bits per heavy atom. The molecule has 2 saturated heterocycles. The van der Waals surface area contributed by atoms with Crippen LogP contribution in [0.4, 0.5) is 11.6 Å². The van der Waals surface area contributed by atoms with Gasteiger partial charge >= 0.3 is 0 Å². The van der Waals surface area contributed by atoms with E-state index in [1.807, 2.05) is 31.2 Å². The van der Waals surface area contributed by atoms with Gasteiger partial charge < -0.3 is 9.80 Å². The van der Waals surface area contributed by atoms with Gasteiger partial charge in [-0.05, 0) is 31.9 Å². The fraction of sp³-hybridized carbons (Fsp3) is 0.409. The largest absolute Gasteiger partial charge is 0.356 e. The maximum Gasteiger partial charge on any atom is 0.245 e. The molecule has 2 aliphatic rings. The Labute approximate surface area is 182 Å². The predicted molar refractivity (Wildman–Crippen MR) is 121 cm³/mol. The van der Waals surface area contributed by atoms with Crippen LogP contribution in [-0.4, -0.2) is 66.9 Å². The van der Waals surface area contributed by atoms with Gasteiger partial charge in [0.15, 0.2) is 0 Å². The Morgan fingerprint density at radius 2 is 1.48 bits per heavy atom. The highest BCUT2D eigenvalue weighted by molar-refractivity contribution is 7.89. The Morgan fingerprint density at radius 1 is 0.839 bits per heavy atom. The van der Waals surface area contributed by atoms with E-state index in [1.165, 1.54) is 12.8 Å². The molecule has 162 valence electrons. The van der Waals surface area contributed by atoms with E-state index in [4.69, 9.17) is 0 Å². The highest BCUT2D eigenvalue weighted by atomic mass is 32.2. The monoisotopic (exact) mass is 438 g/mol. The zero-order valence-corrected chi connectivity index (χ0v) is 18.4. The second-order valence-electron chi connectivity index (χ2n) is 8.05. The summed E-state index contributed by atoms with van der Waals surface area (Å²) < 4.78 is 28.3. The van der Waals surface area contributed by atoms with Crippen LogP contribution in [-0.2, 0) is 10.0 Å². The van der Waals surface area contributed by atoms with Crippen molar-refractivity contribution in [1.82, 2.24) is 19.3 Å². The third kappa shape index (κ3) is 3.83. The number of anilines is 2. The first-order valence-electron chi connectivity index (χ1n) is 10.7. The molecule has 0 aliphatic carbocycles. The van der Waals surface area contributed by atoms with Crippen molar-refractivity contribution in [3.63, 3.8) is 0 Å². The molecule has 0 radical (unpaired) electrons. The van der Waals surface area contributed by atoms with Crippen LogP contribution in [0.2, 0.25) is 0 Å². The number of hydrogen-bond acceptors (Lipinski definition) is 7. The molecule has 0 N–H and O–H groups in total. The first-order chi connectivity index (χ1) is 15.0. The fourth-order valence-corrected chi connectivity index (χ4v) is 5.98. The van der Waals surface area contributed by atoms with Crippen LogP contribution in [0.5, 0.6) is 0 Å². The summed E-state index contributed by atoms with van der Waals surface area (Å²) in [4.78, 5) is 18.3. The highest BCUT2D eigenvalue weighted by Crippen LogP contribution is 2.27. The number of benzene rings is 1.